The molecule has 8 nitrogen and oxygen atoms in total. The second-order valence-corrected chi connectivity index (χ2v) is 10.7. The van der Waals surface area contributed by atoms with Gasteiger partial charge in [0.1, 0.15) is 18.1 Å². The third-order valence-corrected chi connectivity index (χ3v) is 7.61. The Morgan fingerprint density at radius 1 is 1.18 bits per heavy atom. The highest BCUT2D eigenvalue weighted by Crippen LogP contribution is 2.33. The maximum Gasteiger partial charge on any atom is 0.243 e. The van der Waals surface area contributed by atoms with Crippen LogP contribution >= 0.6 is 11.6 Å². The summed E-state index contributed by atoms with van der Waals surface area (Å²) in [5.74, 6) is 0.378. The van der Waals surface area contributed by atoms with Crippen LogP contribution in [0.25, 0.3) is 0 Å². The van der Waals surface area contributed by atoms with Gasteiger partial charge in [0.05, 0.1) is 35.8 Å². The van der Waals surface area contributed by atoms with Gasteiger partial charge in [0.15, 0.2) is 0 Å². The van der Waals surface area contributed by atoms with Gasteiger partial charge in [0, 0.05) is 18.1 Å². The van der Waals surface area contributed by atoms with Crippen molar-refractivity contribution in [1.29, 1.82) is 0 Å². The molecule has 0 spiro atoms. The topological polar surface area (TPSA) is 94.2 Å². The van der Waals surface area contributed by atoms with Crippen molar-refractivity contribution in [1.82, 2.24) is 4.31 Å². The number of ether oxygens (including phenoxy) is 3. The van der Waals surface area contributed by atoms with Crippen LogP contribution in [0.1, 0.15) is 19.4 Å². The molecule has 1 saturated heterocycles. The highest BCUT2D eigenvalue weighted by Gasteiger charge is 2.30. The lowest BCUT2D eigenvalue weighted by atomic mass is 9.96. The molecule has 0 bridgehead atoms. The quantitative estimate of drug-likeness (QED) is 0.662. The Balaban J connectivity index is 1.58. The average molecular weight is 495 g/mol. The van der Waals surface area contributed by atoms with Gasteiger partial charge < -0.3 is 19.5 Å². The van der Waals surface area contributed by atoms with E-state index in [-0.39, 0.29) is 36.6 Å². The molecule has 2 aromatic rings. The predicted octanol–water partition coefficient (Wildman–Crippen LogP) is 3.34. The molecule has 1 N–H and O–H groups in total. The zero-order chi connectivity index (χ0) is 23.6. The van der Waals surface area contributed by atoms with Crippen molar-refractivity contribution in [2.75, 3.05) is 38.2 Å². The number of nitrogens with one attached hydrogen (secondary N) is 1. The van der Waals surface area contributed by atoms with Gasteiger partial charge in [-0.1, -0.05) is 11.6 Å². The van der Waals surface area contributed by atoms with Crippen molar-refractivity contribution in [3.05, 3.63) is 47.0 Å². The van der Waals surface area contributed by atoms with E-state index in [1.165, 1.54) is 16.4 Å². The van der Waals surface area contributed by atoms with E-state index in [4.69, 9.17) is 25.8 Å². The maximum atomic E-state index is 13.1. The summed E-state index contributed by atoms with van der Waals surface area (Å²) in [6, 6.07) is 9.86. The summed E-state index contributed by atoms with van der Waals surface area (Å²) < 4.78 is 44.4. The molecular formula is C23H27ClN2O6S. The van der Waals surface area contributed by atoms with Crippen LogP contribution in [-0.4, -0.2) is 57.6 Å². The molecular weight excluding hydrogens is 468 g/mol. The lowest BCUT2D eigenvalue weighted by molar-refractivity contribution is -0.121. The van der Waals surface area contributed by atoms with Gasteiger partial charge in [0.25, 0.3) is 0 Å². The smallest absolute Gasteiger partial charge is 0.243 e. The Morgan fingerprint density at radius 2 is 1.94 bits per heavy atom. The Morgan fingerprint density at radius 3 is 2.67 bits per heavy atom. The number of carbonyl (C=O) groups is 1. The highest BCUT2D eigenvalue weighted by atomic mass is 35.5. The molecule has 1 atom stereocenters. The number of anilines is 1. The van der Waals surface area contributed by atoms with Gasteiger partial charge >= 0.3 is 0 Å². The number of amides is 1. The van der Waals surface area contributed by atoms with Crippen molar-refractivity contribution in [3.8, 4) is 11.5 Å². The molecule has 2 aromatic carbocycles. The summed E-state index contributed by atoms with van der Waals surface area (Å²) in [5.41, 5.74) is 1.16. The standard InChI is InChI=1S/C23H27ClN2O6S/c1-15(2)32-22-6-4-19(33(28,29)26-7-9-30-10-8-26)13-20(22)25-23(27)17-11-16-12-18(24)3-5-21(16)31-14-17/h3-6,12-13,15,17H,7-11,14H2,1-2H3,(H,25,27). The predicted molar refractivity (Wildman–Crippen MR) is 125 cm³/mol. The number of sulfonamides is 1. The van der Waals surface area contributed by atoms with Crippen molar-refractivity contribution >= 4 is 33.2 Å². The number of benzene rings is 2. The number of carbonyl (C=O) groups excluding carboxylic acids is 1. The van der Waals surface area contributed by atoms with Gasteiger partial charge in [-0.25, -0.2) is 8.42 Å². The number of halogens is 1. The third-order valence-electron chi connectivity index (χ3n) is 5.48. The molecule has 33 heavy (non-hydrogen) atoms. The number of fused-ring (bicyclic) bond motifs is 1. The summed E-state index contributed by atoms with van der Waals surface area (Å²) >= 11 is 6.09. The molecule has 1 fully saturated rings. The second kappa shape index (κ2) is 9.89. The van der Waals surface area contributed by atoms with Crippen LogP contribution in [-0.2, 0) is 26.0 Å². The summed E-state index contributed by atoms with van der Waals surface area (Å²) in [7, 11) is -3.73. The fraction of sp³-hybridized carbons (Fsp3) is 0.435. The first kappa shape index (κ1) is 23.8. The minimum absolute atomic E-state index is 0.0906. The largest absolute Gasteiger partial charge is 0.492 e. The first-order chi connectivity index (χ1) is 15.7. The number of nitrogens with zero attached hydrogens (tertiary/aromatic N) is 1. The summed E-state index contributed by atoms with van der Waals surface area (Å²) in [6.45, 7) is 5.21. The first-order valence-electron chi connectivity index (χ1n) is 10.8. The molecule has 0 saturated carbocycles. The lowest BCUT2D eigenvalue weighted by Gasteiger charge is -2.27. The SMILES string of the molecule is CC(C)Oc1ccc(S(=O)(=O)N2CCOCC2)cc1NC(=O)C1COc2ccc(Cl)cc2C1. The van der Waals surface area contributed by atoms with Crippen LogP contribution in [0.4, 0.5) is 5.69 Å². The number of rotatable bonds is 6. The van der Waals surface area contributed by atoms with E-state index in [1.54, 1.807) is 24.3 Å². The minimum Gasteiger partial charge on any atom is -0.492 e. The van der Waals surface area contributed by atoms with Gasteiger partial charge in [-0.2, -0.15) is 4.31 Å². The fourth-order valence-corrected chi connectivity index (χ4v) is 5.46. The molecule has 1 unspecified atom stereocenters. The van der Waals surface area contributed by atoms with Gasteiger partial charge in [-0.3, -0.25) is 4.79 Å². The fourth-order valence-electron chi connectivity index (χ4n) is 3.83. The molecule has 10 heteroatoms. The Bertz CT molecular complexity index is 1130. The van der Waals surface area contributed by atoms with E-state index in [2.05, 4.69) is 5.32 Å². The van der Waals surface area contributed by atoms with E-state index in [9.17, 15) is 13.2 Å². The molecule has 2 aliphatic heterocycles. The van der Waals surface area contributed by atoms with Crippen molar-refractivity contribution in [2.45, 2.75) is 31.3 Å². The van der Waals surface area contributed by atoms with Gasteiger partial charge in [0.2, 0.25) is 15.9 Å². The third kappa shape index (κ3) is 5.43. The number of hydrogen-bond donors (Lipinski definition) is 1. The van der Waals surface area contributed by atoms with Gasteiger partial charge in [-0.15, -0.1) is 0 Å². The second-order valence-electron chi connectivity index (χ2n) is 8.29. The monoisotopic (exact) mass is 494 g/mol. The zero-order valence-electron chi connectivity index (χ0n) is 18.5. The normalized spacial score (nSPS) is 19.0. The maximum absolute atomic E-state index is 13.1. The van der Waals surface area contributed by atoms with E-state index in [0.717, 1.165) is 5.56 Å². The molecule has 0 aromatic heterocycles. The Kier molecular flexibility index (Phi) is 7.13. The molecule has 4 rings (SSSR count). The summed E-state index contributed by atoms with van der Waals surface area (Å²) in [6.07, 6.45) is 0.308. The van der Waals surface area contributed by atoms with Crippen LogP contribution in [0.15, 0.2) is 41.3 Å². The molecule has 2 aliphatic rings. The van der Waals surface area contributed by atoms with Crippen molar-refractivity contribution in [2.24, 2.45) is 5.92 Å². The molecule has 0 radical (unpaired) electrons. The first-order valence-corrected chi connectivity index (χ1v) is 12.7. The van der Waals surface area contributed by atoms with Crippen LogP contribution < -0.4 is 14.8 Å². The van der Waals surface area contributed by atoms with E-state index >= 15 is 0 Å². The minimum atomic E-state index is -3.73. The molecule has 1 amide bonds. The van der Waals surface area contributed by atoms with Crippen LogP contribution in [0.5, 0.6) is 11.5 Å². The lowest BCUT2D eigenvalue weighted by Crippen LogP contribution is -2.40. The Hall–Kier alpha value is -2.33. The van der Waals surface area contributed by atoms with Crippen molar-refractivity contribution in [3.63, 3.8) is 0 Å². The van der Waals surface area contributed by atoms with E-state index < -0.39 is 15.9 Å². The zero-order valence-corrected chi connectivity index (χ0v) is 20.1. The molecule has 2 heterocycles. The average Bonchev–Trinajstić information content (AvgIpc) is 2.79. The number of morpholine rings is 1. The summed E-state index contributed by atoms with van der Waals surface area (Å²) in [4.78, 5) is 13.2. The van der Waals surface area contributed by atoms with Crippen LogP contribution in [0.2, 0.25) is 5.02 Å². The summed E-state index contributed by atoms with van der Waals surface area (Å²) in [5, 5.41) is 3.44. The molecule has 178 valence electrons. The van der Waals surface area contributed by atoms with E-state index in [1.807, 2.05) is 13.8 Å². The van der Waals surface area contributed by atoms with E-state index in [0.29, 0.717) is 41.8 Å². The Labute approximate surface area is 198 Å². The molecule has 0 aliphatic carbocycles. The number of hydrogen-bond acceptors (Lipinski definition) is 6. The van der Waals surface area contributed by atoms with Crippen LogP contribution in [0.3, 0.4) is 0 Å². The highest BCUT2D eigenvalue weighted by molar-refractivity contribution is 7.89. The van der Waals surface area contributed by atoms with Crippen LogP contribution in [0, 0.1) is 5.92 Å². The van der Waals surface area contributed by atoms with Gasteiger partial charge in [-0.05, 0) is 62.2 Å². The van der Waals surface area contributed by atoms with Crippen molar-refractivity contribution < 1.29 is 27.4 Å².